The van der Waals surface area contributed by atoms with E-state index in [2.05, 4.69) is 10.2 Å². The first-order valence-electron chi connectivity index (χ1n) is 5.96. The van der Waals surface area contributed by atoms with E-state index in [4.69, 9.17) is 16.3 Å². The van der Waals surface area contributed by atoms with Gasteiger partial charge in [0.05, 0.1) is 18.8 Å². The maximum Gasteiger partial charge on any atom is 0.241 e. The third kappa shape index (κ3) is 2.76. The zero-order valence-corrected chi connectivity index (χ0v) is 11.3. The summed E-state index contributed by atoms with van der Waals surface area (Å²) in [5.74, 6) is 0.615. The van der Waals surface area contributed by atoms with Crippen molar-refractivity contribution in [2.75, 3.05) is 26.0 Å². The number of likely N-dealkylation sites (tertiary alicyclic amines) is 1. The number of rotatable bonds is 3. The van der Waals surface area contributed by atoms with Gasteiger partial charge in [0.1, 0.15) is 5.75 Å². The van der Waals surface area contributed by atoms with Crippen molar-refractivity contribution in [1.29, 1.82) is 0 Å². The van der Waals surface area contributed by atoms with Gasteiger partial charge in [-0.15, -0.1) is 0 Å². The Morgan fingerprint density at radius 2 is 2.33 bits per heavy atom. The molecule has 5 heteroatoms. The van der Waals surface area contributed by atoms with E-state index in [-0.39, 0.29) is 11.9 Å². The molecule has 0 aliphatic carbocycles. The Kier molecular flexibility index (Phi) is 4.09. The molecule has 18 heavy (non-hydrogen) atoms. The average Bonchev–Trinajstić information content (AvgIpc) is 2.76. The molecule has 1 aliphatic rings. The van der Waals surface area contributed by atoms with Gasteiger partial charge in [-0.2, -0.15) is 0 Å². The van der Waals surface area contributed by atoms with Crippen molar-refractivity contribution in [2.45, 2.75) is 18.9 Å². The van der Waals surface area contributed by atoms with Gasteiger partial charge in [0, 0.05) is 5.02 Å². The summed E-state index contributed by atoms with van der Waals surface area (Å²) in [5.41, 5.74) is 0.621. The van der Waals surface area contributed by atoms with Crippen LogP contribution in [0.3, 0.4) is 0 Å². The minimum Gasteiger partial charge on any atom is -0.495 e. The van der Waals surface area contributed by atoms with Crippen LogP contribution in [0, 0.1) is 0 Å². The maximum absolute atomic E-state index is 12.2. The molecule has 1 unspecified atom stereocenters. The highest BCUT2D eigenvalue weighted by molar-refractivity contribution is 6.31. The highest BCUT2D eigenvalue weighted by Crippen LogP contribution is 2.28. The monoisotopic (exact) mass is 268 g/mol. The van der Waals surface area contributed by atoms with Crippen LogP contribution in [0.15, 0.2) is 18.2 Å². The molecule has 1 N–H and O–H groups in total. The Balaban J connectivity index is 2.13. The fourth-order valence-electron chi connectivity index (χ4n) is 2.24. The zero-order valence-electron chi connectivity index (χ0n) is 10.6. The first-order chi connectivity index (χ1) is 8.61. The van der Waals surface area contributed by atoms with Crippen molar-refractivity contribution in [3.8, 4) is 5.75 Å². The third-order valence-corrected chi connectivity index (χ3v) is 3.48. The van der Waals surface area contributed by atoms with Crippen LogP contribution in [0.25, 0.3) is 0 Å². The predicted molar refractivity (Wildman–Crippen MR) is 72.3 cm³/mol. The molecule has 2 rings (SSSR count). The van der Waals surface area contributed by atoms with E-state index in [0.717, 1.165) is 19.4 Å². The maximum atomic E-state index is 12.2. The number of carbonyl (C=O) groups is 1. The molecule has 0 bridgehead atoms. The summed E-state index contributed by atoms with van der Waals surface area (Å²) in [7, 11) is 3.53. The number of halogens is 1. The second-order valence-corrected chi connectivity index (χ2v) is 4.91. The lowest BCUT2D eigenvalue weighted by atomic mass is 10.2. The molecule has 0 radical (unpaired) electrons. The Morgan fingerprint density at radius 1 is 1.56 bits per heavy atom. The highest BCUT2D eigenvalue weighted by Gasteiger charge is 2.28. The number of nitrogens with one attached hydrogen (secondary N) is 1. The fourth-order valence-corrected chi connectivity index (χ4v) is 2.41. The summed E-state index contributed by atoms with van der Waals surface area (Å²) in [5, 5.41) is 3.46. The molecule has 1 amide bonds. The van der Waals surface area contributed by atoms with E-state index in [0.29, 0.717) is 16.5 Å². The van der Waals surface area contributed by atoms with Crippen molar-refractivity contribution >= 4 is 23.2 Å². The number of hydrogen-bond donors (Lipinski definition) is 1. The highest BCUT2D eigenvalue weighted by atomic mass is 35.5. The number of ether oxygens (including phenoxy) is 1. The SMILES string of the molecule is COc1ccc(Cl)cc1NC(=O)C1CCCN1C. The van der Waals surface area contributed by atoms with Crippen LogP contribution >= 0.6 is 11.6 Å². The standard InChI is InChI=1S/C13H17ClN2O2/c1-16-7-3-4-11(16)13(17)15-10-8-9(14)5-6-12(10)18-2/h5-6,8,11H,3-4,7H2,1-2H3,(H,15,17). The molecule has 1 fully saturated rings. The van der Waals surface area contributed by atoms with Gasteiger partial charge in [-0.05, 0) is 44.6 Å². The van der Waals surface area contributed by atoms with E-state index in [1.54, 1.807) is 25.3 Å². The van der Waals surface area contributed by atoms with Gasteiger partial charge in [0.2, 0.25) is 5.91 Å². The fraction of sp³-hybridized carbons (Fsp3) is 0.462. The normalized spacial score (nSPS) is 19.8. The second kappa shape index (κ2) is 5.59. The number of carbonyl (C=O) groups excluding carboxylic acids is 1. The molecule has 1 aromatic carbocycles. The average molecular weight is 269 g/mol. The number of nitrogens with zero attached hydrogens (tertiary/aromatic N) is 1. The van der Waals surface area contributed by atoms with Gasteiger partial charge < -0.3 is 10.1 Å². The Hall–Kier alpha value is -1.26. The smallest absolute Gasteiger partial charge is 0.241 e. The van der Waals surface area contributed by atoms with E-state index in [1.165, 1.54) is 0 Å². The van der Waals surface area contributed by atoms with Crippen LogP contribution in [0.1, 0.15) is 12.8 Å². The molecule has 4 nitrogen and oxygen atoms in total. The number of likely N-dealkylation sites (N-methyl/N-ethyl adjacent to an activating group) is 1. The minimum atomic E-state index is -0.0614. The third-order valence-electron chi connectivity index (χ3n) is 3.24. The first kappa shape index (κ1) is 13.2. The van der Waals surface area contributed by atoms with E-state index in [1.807, 2.05) is 7.05 Å². The Bertz CT molecular complexity index is 451. The predicted octanol–water partition coefficient (Wildman–Crippen LogP) is 2.38. The van der Waals surface area contributed by atoms with Crippen molar-refractivity contribution in [3.05, 3.63) is 23.2 Å². The number of amides is 1. The van der Waals surface area contributed by atoms with Crippen LogP contribution in [0.5, 0.6) is 5.75 Å². The van der Waals surface area contributed by atoms with Crippen LogP contribution < -0.4 is 10.1 Å². The van der Waals surface area contributed by atoms with Gasteiger partial charge in [-0.1, -0.05) is 11.6 Å². The summed E-state index contributed by atoms with van der Waals surface area (Å²) < 4.78 is 5.20. The van der Waals surface area contributed by atoms with E-state index >= 15 is 0 Å². The molecule has 1 saturated heterocycles. The molecule has 1 atom stereocenters. The second-order valence-electron chi connectivity index (χ2n) is 4.47. The first-order valence-corrected chi connectivity index (χ1v) is 6.34. The molecule has 1 aromatic rings. The lowest BCUT2D eigenvalue weighted by Crippen LogP contribution is -2.37. The summed E-state index contributed by atoms with van der Waals surface area (Å²) >= 11 is 5.93. The molecule has 0 saturated carbocycles. The number of anilines is 1. The van der Waals surface area contributed by atoms with Crippen LogP contribution in [0.2, 0.25) is 5.02 Å². The van der Waals surface area contributed by atoms with Crippen molar-refractivity contribution in [3.63, 3.8) is 0 Å². The van der Waals surface area contributed by atoms with Crippen LogP contribution in [-0.2, 0) is 4.79 Å². The van der Waals surface area contributed by atoms with Crippen molar-refractivity contribution < 1.29 is 9.53 Å². The van der Waals surface area contributed by atoms with Crippen LogP contribution in [0.4, 0.5) is 5.69 Å². The molecule has 1 aliphatic heterocycles. The number of methoxy groups -OCH3 is 1. The molecular weight excluding hydrogens is 252 g/mol. The minimum absolute atomic E-state index is 0.00410. The van der Waals surface area contributed by atoms with Gasteiger partial charge >= 0.3 is 0 Å². The number of hydrogen-bond acceptors (Lipinski definition) is 3. The topological polar surface area (TPSA) is 41.6 Å². The van der Waals surface area contributed by atoms with E-state index < -0.39 is 0 Å². The Morgan fingerprint density at radius 3 is 2.94 bits per heavy atom. The summed E-state index contributed by atoms with van der Waals surface area (Å²) in [6.07, 6.45) is 1.95. The largest absolute Gasteiger partial charge is 0.495 e. The zero-order chi connectivity index (χ0) is 13.1. The lowest BCUT2D eigenvalue weighted by molar-refractivity contribution is -0.119. The lowest BCUT2D eigenvalue weighted by Gasteiger charge is -2.19. The van der Waals surface area contributed by atoms with Gasteiger partial charge in [-0.25, -0.2) is 0 Å². The number of benzene rings is 1. The Labute approximate surface area is 112 Å². The van der Waals surface area contributed by atoms with Crippen LogP contribution in [-0.4, -0.2) is 37.6 Å². The molecule has 0 aromatic heterocycles. The van der Waals surface area contributed by atoms with Gasteiger partial charge in [0.25, 0.3) is 0 Å². The van der Waals surface area contributed by atoms with Crippen molar-refractivity contribution in [2.24, 2.45) is 0 Å². The van der Waals surface area contributed by atoms with E-state index in [9.17, 15) is 4.79 Å². The molecule has 0 spiro atoms. The summed E-state index contributed by atoms with van der Waals surface area (Å²) in [4.78, 5) is 14.2. The summed E-state index contributed by atoms with van der Waals surface area (Å²) in [6.45, 7) is 0.963. The quantitative estimate of drug-likeness (QED) is 0.915. The summed E-state index contributed by atoms with van der Waals surface area (Å²) in [6, 6.07) is 5.12. The van der Waals surface area contributed by atoms with Gasteiger partial charge in [-0.3, -0.25) is 9.69 Å². The van der Waals surface area contributed by atoms with Gasteiger partial charge in [0.15, 0.2) is 0 Å². The molecular formula is C13H17ClN2O2. The molecule has 1 heterocycles. The van der Waals surface area contributed by atoms with Crippen molar-refractivity contribution in [1.82, 2.24) is 4.90 Å². The molecule has 98 valence electrons.